The zero-order chi connectivity index (χ0) is 14.6. The summed E-state index contributed by atoms with van der Waals surface area (Å²) in [6, 6.07) is 10.0. The summed E-state index contributed by atoms with van der Waals surface area (Å²) in [4.78, 5) is 21.8. The van der Waals surface area contributed by atoms with Crippen LogP contribution in [0.25, 0.3) is 0 Å². The average molecular weight is 278 g/mol. The number of nitrogens with one attached hydrogen (secondary N) is 2. The molecule has 1 aromatic carbocycles. The number of amides is 2. The third-order valence-electron chi connectivity index (χ3n) is 2.94. The van der Waals surface area contributed by atoms with E-state index in [1.54, 1.807) is 0 Å². The number of unbranched alkanes of at least 4 members (excludes halogenated alkanes) is 2. The van der Waals surface area contributed by atoms with E-state index in [1.165, 1.54) is 5.56 Å². The predicted octanol–water partition coefficient (Wildman–Crippen LogP) is 2.17. The molecule has 0 aliphatic rings. The van der Waals surface area contributed by atoms with Crippen molar-refractivity contribution in [3.8, 4) is 0 Å². The van der Waals surface area contributed by atoms with Gasteiger partial charge in [0, 0.05) is 19.5 Å². The van der Waals surface area contributed by atoms with Gasteiger partial charge in [0.05, 0.1) is 0 Å². The normalized spacial score (nSPS) is 10.0. The molecule has 0 saturated carbocycles. The summed E-state index contributed by atoms with van der Waals surface area (Å²) in [6.07, 6.45) is 2.76. The van der Waals surface area contributed by atoms with E-state index >= 15 is 0 Å². The summed E-state index contributed by atoms with van der Waals surface area (Å²) in [5.74, 6) is 0.0622. The summed E-state index contributed by atoms with van der Waals surface area (Å²) in [6.45, 7) is 1.11. The quantitative estimate of drug-likeness (QED) is 0.606. The largest absolute Gasteiger partial charge is 0.465 e. The number of hydrogen-bond donors (Lipinski definition) is 3. The van der Waals surface area contributed by atoms with Gasteiger partial charge < -0.3 is 15.7 Å². The summed E-state index contributed by atoms with van der Waals surface area (Å²) >= 11 is 0. The van der Waals surface area contributed by atoms with Crippen molar-refractivity contribution in [3.63, 3.8) is 0 Å². The van der Waals surface area contributed by atoms with E-state index in [2.05, 4.69) is 10.6 Å². The molecule has 0 heterocycles. The van der Waals surface area contributed by atoms with Gasteiger partial charge in [-0.2, -0.15) is 0 Å². The van der Waals surface area contributed by atoms with Gasteiger partial charge in [-0.3, -0.25) is 4.79 Å². The maximum atomic E-state index is 11.6. The first-order valence-electron chi connectivity index (χ1n) is 6.96. The monoisotopic (exact) mass is 278 g/mol. The molecule has 1 rings (SSSR count). The number of rotatable bonds is 9. The van der Waals surface area contributed by atoms with E-state index in [0.29, 0.717) is 19.5 Å². The van der Waals surface area contributed by atoms with Gasteiger partial charge in [-0.15, -0.1) is 0 Å². The van der Waals surface area contributed by atoms with E-state index in [0.717, 1.165) is 25.7 Å². The van der Waals surface area contributed by atoms with Crippen molar-refractivity contribution in [2.24, 2.45) is 0 Å². The van der Waals surface area contributed by atoms with E-state index in [-0.39, 0.29) is 5.91 Å². The zero-order valence-corrected chi connectivity index (χ0v) is 11.6. The van der Waals surface area contributed by atoms with Crippen LogP contribution in [-0.2, 0) is 11.2 Å². The Hall–Kier alpha value is -2.04. The van der Waals surface area contributed by atoms with E-state index in [1.807, 2.05) is 30.3 Å². The second-order valence-corrected chi connectivity index (χ2v) is 4.63. The Labute approximate surface area is 119 Å². The number of carbonyl (C=O) groups excluding carboxylic acids is 1. The van der Waals surface area contributed by atoms with Gasteiger partial charge >= 0.3 is 6.09 Å². The molecule has 2 amide bonds. The van der Waals surface area contributed by atoms with Crippen LogP contribution < -0.4 is 10.6 Å². The first-order valence-corrected chi connectivity index (χ1v) is 6.96. The number of carboxylic acid groups (broad SMARTS) is 1. The highest BCUT2D eigenvalue weighted by Crippen LogP contribution is 2.00. The average Bonchev–Trinajstić information content (AvgIpc) is 2.43. The van der Waals surface area contributed by atoms with Gasteiger partial charge in [0.15, 0.2) is 0 Å². The highest BCUT2D eigenvalue weighted by molar-refractivity contribution is 5.75. The van der Waals surface area contributed by atoms with Crippen LogP contribution in [-0.4, -0.2) is 30.2 Å². The van der Waals surface area contributed by atoms with Crippen LogP contribution in [0.2, 0.25) is 0 Å². The number of carbonyl (C=O) groups is 2. The van der Waals surface area contributed by atoms with Crippen LogP contribution in [0.1, 0.15) is 31.2 Å². The molecule has 0 fully saturated rings. The van der Waals surface area contributed by atoms with Gasteiger partial charge in [-0.25, -0.2) is 4.79 Å². The Morgan fingerprint density at radius 3 is 2.40 bits per heavy atom. The lowest BCUT2D eigenvalue weighted by Gasteiger charge is -2.05. The van der Waals surface area contributed by atoms with Gasteiger partial charge in [-0.1, -0.05) is 36.8 Å². The third-order valence-corrected chi connectivity index (χ3v) is 2.94. The smallest absolute Gasteiger partial charge is 0.404 e. The summed E-state index contributed by atoms with van der Waals surface area (Å²) in [5.41, 5.74) is 1.22. The molecule has 0 aliphatic heterocycles. The van der Waals surface area contributed by atoms with Crippen LogP contribution in [0.4, 0.5) is 4.79 Å². The van der Waals surface area contributed by atoms with Gasteiger partial charge in [-0.05, 0) is 24.8 Å². The maximum Gasteiger partial charge on any atom is 0.404 e. The molecule has 5 heteroatoms. The van der Waals surface area contributed by atoms with E-state index < -0.39 is 6.09 Å². The van der Waals surface area contributed by atoms with Crippen LogP contribution >= 0.6 is 0 Å². The lowest BCUT2D eigenvalue weighted by molar-refractivity contribution is -0.121. The van der Waals surface area contributed by atoms with Crippen LogP contribution in [0.3, 0.4) is 0 Å². The zero-order valence-electron chi connectivity index (χ0n) is 11.6. The fourth-order valence-corrected chi connectivity index (χ4v) is 1.86. The predicted molar refractivity (Wildman–Crippen MR) is 77.7 cm³/mol. The number of benzene rings is 1. The Bertz CT molecular complexity index is 407. The second-order valence-electron chi connectivity index (χ2n) is 4.63. The standard InChI is InChI=1S/C15H22N2O3/c18-14(9-5-2-6-11-17-15(19)20)16-12-10-13-7-3-1-4-8-13/h1,3-4,7-8,17H,2,5-6,9-12H2,(H,16,18)(H,19,20). The van der Waals surface area contributed by atoms with Gasteiger partial charge in [0.1, 0.15) is 0 Å². The van der Waals surface area contributed by atoms with Crippen molar-refractivity contribution >= 4 is 12.0 Å². The molecule has 0 radical (unpaired) electrons. The lowest BCUT2D eigenvalue weighted by Crippen LogP contribution is -2.25. The Morgan fingerprint density at radius 2 is 1.70 bits per heavy atom. The highest BCUT2D eigenvalue weighted by Gasteiger charge is 2.01. The van der Waals surface area contributed by atoms with Crippen molar-refractivity contribution in [1.82, 2.24) is 10.6 Å². The molecular formula is C15H22N2O3. The topological polar surface area (TPSA) is 78.4 Å². The fraction of sp³-hybridized carbons (Fsp3) is 0.467. The molecular weight excluding hydrogens is 256 g/mol. The first-order chi connectivity index (χ1) is 9.68. The fourth-order valence-electron chi connectivity index (χ4n) is 1.86. The Kier molecular flexibility index (Phi) is 7.87. The van der Waals surface area contributed by atoms with E-state index in [4.69, 9.17) is 5.11 Å². The number of hydrogen-bond acceptors (Lipinski definition) is 2. The summed E-state index contributed by atoms with van der Waals surface area (Å²) in [5, 5.41) is 13.6. The Morgan fingerprint density at radius 1 is 0.950 bits per heavy atom. The highest BCUT2D eigenvalue weighted by atomic mass is 16.4. The third kappa shape index (κ3) is 8.13. The summed E-state index contributed by atoms with van der Waals surface area (Å²) in [7, 11) is 0. The molecule has 20 heavy (non-hydrogen) atoms. The minimum atomic E-state index is -0.997. The van der Waals surface area contributed by atoms with Gasteiger partial charge in [0.2, 0.25) is 5.91 Å². The molecule has 110 valence electrons. The molecule has 0 bridgehead atoms. The molecule has 0 spiro atoms. The second kappa shape index (κ2) is 9.83. The molecule has 0 aromatic heterocycles. The molecule has 0 unspecified atom stereocenters. The maximum absolute atomic E-state index is 11.6. The molecule has 3 N–H and O–H groups in total. The minimum absolute atomic E-state index is 0.0622. The summed E-state index contributed by atoms with van der Waals surface area (Å²) < 4.78 is 0. The van der Waals surface area contributed by atoms with Crippen LogP contribution in [0.15, 0.2) is 30.3 Å². The minimum Gasteiger partial charge on any atom is -0.465 e. The van der Waals surface area contributed by atoms with Crippen molar-refractivity contribution < 1.29 is 14.7 Å². The van der Waals surface area contributed by atoms with Crippen LogP contribution in [0, 0.1) is 0 Å². The van der Waals surface area contributed by atoms with Gasteiger partial charge in [0.25, 0.3) is 0 Å². The van der Waals surface area contributed by atoms with Crippen LogP contribution in [0.5, 0.6) is 0 Å². The van der Waals surface area contributed by atoms with Crippen molar-refractivity contribution in [2.75, 3.05) is 13.1 Å². The van der Waals surface area contributed by atoms with Crippen molar-refractivity contribution in [2.45, 2.75) is 32.1 Å². The lowest BCUT2D eigenvalue weighted by atomic mass is 10.1. The SMILES string of the molecule is O=C(O)NCCCCCC(=O)NCCc1ccccc1. The van der Waals surface area contributed by atoms with Crippen molar-refractivity contribution in [1.29, 1.82) is 0 Å². The van der Waals surface area contributed by atoms with Crippen molar-refractivity contribution in [3.05, 3.63) is 35.9 Å². The molecule has 0 atom stereocenters. The Balaban J connectivity index is 1.97. The molecule has 5 nitrogen and oxygen atoms in total. The van der Waals surface area contributed by atoms with E-state index in [9.17, 15) is 9.59 Å². The molecule has 1 aromatic rings. The first kappa shape index (κ1) is 16.0. The molecule has 0 saturated heterocycles. The molecule has 0 aliphatic carbocycles.